The Labute approximate surface area is 147 Å². The number of nitrogens with zero attached hydrogens (tertiary/aromatic N) is 1. The van der Waals surface area contributed by atoms with Gasteiger partial charge in [-0.25, -0.2) is 4.99 Å². The maximum Gasteiger partial charge on any atom is 0.275 e. The Morgan fingerprint density at radius 1 is 1.18 bits per heavy atom. The lowest BCUT2D eigenvalue weighted by Crippen LogP contribution is -2.25. The van der Waals surface area contributed by atoms with Gasteiger partial charge in [0, 0.05) is 9.13 Å². The highest BCUT2D eigenvalue weighted by molar-refractivity contribution is 14.1. The molecule has 0 aromatic heterocycles. The Morgan fingerprint density at radius 3 is 2.64 bits per heavy atom. The molecule has 1 aliphatic rings. The van der Waals surface area contributed by atoms with Crippen molar-refractivity contribution in [1.29, 1.82) is 0 Å². The quantitative estimate of drug-likeness (QED) is 0.573. The van der Waals surface area contributed by atoms with Gasteiger partial charge in [-0.05, 0) is 59.4 Å². The number of aryl methyl sites for hydroxylation is 1. The van der Waals surface area contributed by atoms with Crippen LogP contribution in [0.15, 0.2) is 53.2 Å². The summed E-state index contributed by atoms with van der Waals surface area (Å²) in [7, 11) is 0. The summed E-state index contributed by atoms with van der Waals surface area (Å²) in [5.41, 5.74) is 3.23. The second-order valence-electron chi connectivity index (χ2n) is 4.98. The summed E-state index contributed by atoms with van der Waals surface area (Å²) >= 11 is 8.39. The van der Waals surface area contributed by atoms with E-state index in [2.05, 4.69) is 32.9 Å². The van der Waals surface area contributed by atoms with E-state index in [4.69, 9.17) is 11.6 Å². The predicted octanol–water partition coefficient (Wildman–Crippen LogP) is 4.17. The van der Waals surface area contributed by atoms with E-state index in [9.17, 15) is 4.79 Å². The van der Waals surface area contributed by atoms with Crippen LogP contribution in [0, 0.1) is 10.5 Å². The zero-order chi connectivity index (χ0) is 15.7. The van der Waals surface area contributed by atoms with Gasteiger partial charge < -0.3 is 5.32 Å². The first kappa shape index (κ1) is 15.2. The molecule has 1 amide bonds. The van der Waals surface area contributed by atoms with Gasteiger partial charge in [0.05, 0.1) is 5.02 Å². The van der Waals surface area contributed by atoms with E-state index in [1.54, 1.807) is 12.1 Å². The van der Waals surface area contributed by atoms with E-state index in [1.807, 2.05) is 43.3 Å². The Hall–Kier alpha value is -1.66. The van der Waals surface area contributed by atoms with Gasteiger partial charge in [0.2, 0.25) is 0 Å². The van der Waals surface area contributed by atoms with Gasteiger partial charge in [-0.2, -0.15) is 0 Å². The minimum absolute atomic E-state index is 0.217. The summed E-state index contributed by atoms with van der Waals surface area (Å²) in [6, 6.07) is 13.5. The van der Waals surface area contributed by atoms with Crippen LogP contribution in [-0.2, 0) is 4.79 Å². The lowest BCUT2D eigenvalue weighted by molar-refractivity contribution is -0.115. The molecule has 2 aromatic rings. The van der Waals surface area contributed by atoms with Gasteiger partial charge in [0.25, 0.3) is 5.91 Å². The molecule has 3 rings (SSSR count). The zero-order valence-corrected chi connectivity index (χ0v) is 14.6. The number of amidine groups is 1. The lowest BCUT2D eigenvalue weighted by atomic mass is 10.1. The molecule has 110 valence electrons. The maximum atomic E-state index is 12.1. The number of halogens is 2. The van der Waals surface area contributed by atoms with Crippen molar-refractivity contribution in [2.24, 2.45) is 4.99 Å². The van der Waals surface area contributed by atoms with Crippen molar-refractivity contribution in [3.63, 3.8) is 0 Å². The number of nitrogens with one attached hydrogen (secondary N) is 1. The molecule has 0 fully saturated rings. The van der Waals surface area contributed by atoms with E-state index >= 15 is 0 Å². The van der Waals surface area contributed by atoms with Gasteiger partial charge in [0.1, 0.15) is 11.5 Å². The minimum Gasteiger partial charge on any atom is -0.305 e. The third-order valence-corrected chi connectivity index (χ3v) is 4.26. The summed E-state index contributed by atoms with van der Waals surface area (Å²) in [5, 5.41) is 3.34. The average Bonchev–Trinajstić information content (AvgIpc) is 2.85. The Kier molecular flexibility index (Phi) is 4.31. The van der Waals surface area contributed by atoms with Crippen LogP contribution in [0.1, 0.15) is 16.7 Å². The van der Waals surface area contributed by atoms with Crippen molar-refractivity contribution < 1.29 is 4.79 Å². The predicted molar refractivity (Wildman–Crippen MR) is 98.0 cm³/mol. The first-order chi connectivity index (χ1) is 10.5. The number of hydrogen-bond acceptors (Lipinski definition) is 2. The van der Waals surface area contributed by atoms with Crippen LogP contribution in [0.4, 0.5) is 0 Å². The minimum atomic E-state index is -0.217. The highest BCUT2D eigenvalue weighted by atomic mass is 127. The van der Waals surface area contributed by atoms with Gasteiger partial charge >= 0.3 is 0 Å². The van der Waals surface area contributed by atoms with Crippen molar-refractivity contribution in [3.8, 4) is 0 Å². The fourth-order valence-corrected chi connectivity index (χ4v) is 2.79. The highest BCUT2D eigenvalue weighted by Crippen LogP contribution is 2.22. The topological polar surface area (TPSA) is 41.5 Å². The molecule has 1 N–H and O–H groups in total. The molecule has 1 heterocycles. The number of carbonyl (C=O) groups is 1. The summed E-state index contributed by atoms with van der Waals surface area (Å²) < 4.78 is 1.03. The van der Waals surface area contributed by atoms with E-state index in [-0.39, 0.29) is 5.91 Å². The van der Waals surface area contributed by atoms with Crippen LogP contribution in [0.3, 0.4) is 0 Å². The van der Waals surface area contributed by atoms with E-state index in [1.165, 1.54) is 5.56 Å². The summed E-state index contributed by atoms with van der Waals surface area (Å²) in [6.07, 6.45) is 1.77. The SMILES string of the molecule is Cc1ccc(/C=C2/N=C(c3cc(I)ccc3Cl)NC2=O)cc1. The lowest BCUT2D eigenvalue weighted by Gasteiger charge is -2.03. The first-order valence-electron chi connectivity index (χ1n) is 6.67. The fourth-order valence-electron chi connectivity index (χ4n) is 2.10. The monoisotopic (exact) mass is 422 g/mol. The van der Waals surface area contributed by atoms with Gasteiger partial charge in [-0.1, -0.05) is 41.4 Å². The molecular formula is C17H12ClIN2O. The normalized spacial score (nSPS) is 15.9. The molecule has 0 radical (unpaired) electrons. The number of aliphatic imine (C=N–C) groups is 1. The first-order valence-corrected chi connectivity index (χ1v) is 8.12. The fraction of sp³-hybridized carbons (Fsp3) is 0.0588. The second kappa shape index (κ2) is 6.22. The van der Waals surface area contributed by atoms with Crippen molar-refractivity contribution >= 4 is 52.0 Å². The number of carbonyl (C=O) groups excluding carboxylic acids is 1. The van der Waals surface area contributed by atoms with Crippen LogP contribution >= 0.6 is 34.2 Å². The number of hydrogen-bond donors (Lipinski definition) is 1. The molecule has 0 spiro atoms. The van der Waals surface area contributed by atoms with E-state index in [0.29, 0.717) is 16.6 Å². The Balaban J connectivity index is 1.97. The van der Waals surface area contributed by atoms with Crippen LogP contribution in [0.2, 0.25) is 5.02 Å². The summed E-state index contributed by atoms with van der Waals surface area (Å²) in [5.74, 6) is 0.275. The molecule has 3 nitrogen and oxygen atoms in total. The molecule has 5 heteroatoms. The number of amides is 1. The van der Waals surface area contributed by atoms with Crippen molar-refractivity contribution in [1.82, 2.24) is 5.32 Å². The Bertz CT molecular complexity index is 810. The van der Waals surface area contributed by atoms with E-state index < -0.39 is 0 Å². The molecule has 0 saturated carbocycles. The highest BCUT2D eigenvalue weighted by Gasteiger charge is 2.22. The zero-order valence-electron chi connectivity index (χ0n) is 11.7. The molecule has 1 aliphatic heterocycles. The summed E-state index contributed by atoms with van der Waals surface area (Å²) in [6.45, 7) is 2.02. The van der Waals surface area contributed by atoms with Gasteiger partial charge in [0.15, 0.2) is 0 Å². The molecule has 2 aromatic carbocycles. The molecule has 0 atom stereocenters. The maximum absolute atomic E-state index is 12.1. The molecule has 0 bridgehead atoms. The van der Waals surface area contributed by atoms with Crippen LogP contribution in [0.5, 0.6) is 0 Å². The molecule has 0 aliphatic carbocycles. The molecular weight excluding hydrogens is 411 g/mol. The van der Waals surface area contributed by atoms with Crippen LogP contribution in [-0.4, -0.2) is 11.7 Å². The van der Waals surface area contributed by atoms with Crippen molar-refractivity contribution in [3.05, 3.63) is 73.4 Å². The largest absolute Gasteiger partial charge is 0.305 e. The van der Waals surface area contributed by atoms with Crippen molar-refractivity contribution in [2.45, 2.75) is 6.92 Å². The van der Waals surface area contributed by atoms with Crippen LogP contribution in [0.25, 0.3) is 6.08 Å². The Morgan fingerprint density at radius 2 is 1.91 bits per heavy atom. The third-order valence-electron chi connectivity index (χ3n) is 3.26. The molecule has 0 unspecified atom stereocenters. The van der Waals surface area contributed by atoms with Crippen LogP contribution < -0.4 is 5.32 Å². The molecule has 0 saturated heterocycles. The second-order valence-corrected chi connectivity index (χ2v) is 6.63. The van der Waals surface area contributed by atoms with Crippen molar-refractivity contribution in [2.75, 3.05) is 0 Å². The smallest absolute Gasteiger partial charge is 0.275 e. The van der Waals surface area contributed by atoms with Gasteiger partial charge in [-0.15, -0.1) is 0 Å². The number of benzene rings is 2. The van der Waals surface area contributed by atoms with E-state index in [0.717, 1.165) is 14.7 Å². The standard InChI is InChI=1S/C17H12ClIN2O/c1-10-2-4-11(5-3-10)8-15-17(22)21-16(20-15)13-9-12(19)6-7-14(13)18/h2-9H,1H3,(H,20,21,22)/b15-8+. The third kappa shape index (κ3) is 3.23. The van der Waals surface area contributed by atoms with Gasteiger partial charge in [-0.3, -0.25) is 4.79 Å². The summed E-state index contributed by atoms with van der Waals surface area (Å²) in [4.78, 5) is 16.5. The average molecular weight is 423 g/mol. The number of rotatable bonds is 2. The molecule has 22 heavy (non-hydrogen) atoms.